The van der Waals surface area contributed by atoms with Crippen LogP contribution in [0.1, 0.15) is 41.0 Å². The Hall–Kier alpha value is -0.370. The molecule has 0 rings (SSSR count). The average molecular weight is 171 g/mol. The number of hydrogen-bond acceptors (Lipinski definition) is 2. The molecule has 2 nitrogen and oxygen atoms in total. The van der Waals surface area contributed by atoms with E-state index in [1.54, 1.807) is 0 Å². The predicted molar refractivity (Wildman–Crippen MR) is 52.2 cm³/mol. The molecule has 0 radical (unpaired) electrons. The fraction of sp³-hybridized carbons (Fsp3) is 0.900. The van der Waals surface area contributed by atoms with Gasteiger partial charge in [-0.2, -0.15) is 0 Å². The van der Waals surface area contributed by atoms with Crippen molar-refractivity contribution in [3.8, 4) is 0 Å². The minimum atomic E-state index is -0.357. The van der Waals surface area contributed by atoms with Crippen LogP contribution in [0.4, 0.5) is 0 Å². The largest absolute Gasteiger partial charge is 0.306 e. The molecule has 1 N–H and O–H groups in total. The number of hydrogen-bond donors (Lipinski definition) is 1. The summed E-state index contributed by atoms with van der Waals surface area (Å²) in [5, 5.41) is 3.19. The van der Waals surface area contributed by atoms with Gasteiger partial charge in [0.2, 0.25) is 0 Å². The first-order valence-electron chi connectivity index (χ1n) is 4.75. The summed E-state index contributed by atoms with van der Waals surface area (Å²) in [6.45, 7) is 10.8. The second-order valence-corrected chi connectivity index (χ2v) is 3.83. The number of nitrogens with one attached hydrogen (secondary N) is 1. The van der Waals surface area contributed by atoms with Gasteiger partial charge in [-0.1, -0.05) is 20.8 Å². The summed E-state index contributed by atoms with van der Waals surface area (Å²) in [7, 11) is 0. The van der Waals surface area contributed by atoms with E-state index in [2.05, 4.69) is 5.32 Å². The Morgan fingerprint density at radius 3 is 2.25 bits per heavy atom. The molecule has 0 aromatic carbocycles. The molecule has 12 heavy (non-hydrogen) atoms. The number of carbonyl (C=O) groups excluding carboxylic acids is 1. The van der Waals surface area contributed by atoms with Gasteiger partial charge < -0.3 is 5.32 Å². The third-order valence-corrected chi connectivity index (χ3v) is 2.29. The molecule has 1 unspecified atom stereocenters. The molecule has 0 saturated heterocycles. The lowest BCUT2D eigenvalue weighted by Gasteiger charge is -2.26. The molecule has 0 heterocycles. The zero-order valence-electron chi connectivity index (χ0n) is 8.90. The Kier molecular flexibility index (Phi) is 4.46. The monoisotopic (exact) mass is 171 g/mol. The maximum Gasteiger partial charge on any atom is 0.155 e. The summed E-state index contributed by atoms with van der Waals surface area (Å²) >= 11 is 0. The van der Waals surface area contributed by atoms with Crippen molar-refractivity contribution in [1.82, 2.24) is 5.32 Å². The van der Waals surface area contributed by atoms with E-state index in [1.165, 1.54) is 0 Å². The Morgan fingerprint density at radius 2 is 1.92 bits per heavy atom. The van der Waals surface area contributed by atoms with Crippen LogP contribution in [0.2, 0.25) is 0 Å². The fourth-order valence-corrected chi connectivity index (χ4v) is 1.33. The van der Waals surface area contributed by atoms with E-state index < -0.39 is 0 Å². The highest BCUT2D eigenvalue weighted by Crippen LogP contribution is 2.13. The third kappa shape index (κ3) is 2.94. The van der Waals surface area contributed by atoms with Gasteiger partial charge in [-0.3, -0.25) is 4.79 Å². The summed E-state index contributed by atoms with van der Waals surface area (Å²) in [5.74, 6) is 0.478. The quantitative estimate of drug-likeness (QED) is 0.685. The molecular weight excluding hydrogens is 150 g/mol. The Balaban J connectivity index is 4.24. The molecule has 0 saturated carbocycles. The normalized spacial score (nSPS) is 14.4. The van der Waals surface area contributed by atoms with Crippen molar-refractivity contribution >= 4 is 5.78 Å². The van der Waals surface area contributed by atoms with Gasteiger partial charge in [0.15, 0.2) is 5.78 Å². The van der Waals surface area contributed by atoms with Crippen LogP contribution in [0, 0.1) is 5.92 Å². The maximum absolute atomic E-state index is 11.7. The second kappa shape index (κ2) is 4.61. The van der Waals surface area contributed by atoms with E-state index in [1.807, 2.05) is 34.6 Å². The molecule has 0 fully saturated rings. The van der Waals surface area contributed by atoms with Crippen LogP contribution < -0.4 is 5.32 Å². The molecule has 72 valence electrons. The summed E-state index contributed by atoms with van der Waals surface area (Å²) in [6, 6.07) is 0. The highest BCUT2D eigenvalue weighted by atomic mass is 16.1. The van der Waals surface area contributed by atoms with Gasteiger partial charge in [0.1, 0.15) is 0 Å². The summed E-state index contributed by atoms with van der Waals surface area (Å²) in [5.41, 5.74) is -0.357. The molecular formula is C10H21NO. The predicted octanol–water partition coefficient (Wildman–Crippen LogP) is 1.99. The maximum atomic E-state index is 11.7. The number of rotatable bonds is 5. The van der Waals surface area contributed by atoms with Gasteiger partial charge in [-0.15, -0.1) is 0 Å². The molecule has 0 aliphatic rings. The van der Waals surface area contributed by atoms with Crippen molar-refractivity contribution in [2.24, 2.45) is 5.92 Å². The first-order valence-corrected chi connectivity index (χ1v) is 4.75. The Bertz CT molecular complexity index is 152. The summed E-state index contributed by atoms with van der Waals surface area (Å²) in [4.78, 5) is 11.7. The Labute approximate surface area is 75.7 Å². The van der Waals surface area contributed by atoms with Gasteiger partial charge in [0.05, 0.1) is 5.54 Å². The molecule has 2 heteroatoms. The molecule has 0 aliphatic carbocycles. The van der Waals surface area contributed by atoms with Crippen molar-refractivity contribution in [2.45, 2.75) is 46.6 Å². The van der Waals surface area contributed by atoms with Crippen LogP contribution in [0.5, 0.6) is 0 Å². The van der Waals surface area contributed by atoms with Gasteiger partial charge in [0.25, 0.3) is 0 Å². The fourth-order valence-electron chi connectivity index (χ4n) is 1.33. The van der Waals surface area contributed by atoms with E-state index in [0.29, 0.717) is 5.78 Å². The average Bonchev–Trinajstić information content (AvgIpc) is 2.01. The van der Waals surface area contributed by atoms with E-state index in [0.717, 1.165) is 13.0 Å². The van der Waals surface area contributed by atoms with Crippen molar-refractivity contribution in [3.05, 3.63) is 0 Å². The zero-order chi connectivity index (χ0) is 9.78. The van der Waals surface area contributed by atoms with Crippen molar-refractivity contribution in [1.29, 1.82) is 0 Å². The number of Topliss-reactive ketones (excluding diaryl/α,β-unsaturated/α-hetero) is 1. The molecule has 0 spiro atoms. The first-order chi connectivity index (χ1) is 5.45. The van der Waals surface area contributed by atoms with E-state index in [4.69, 9.17) is 0 Å². The van der Waals surface area contributed by atoms with Crippen molar-refractivity contribution < 1.29 is 4.79 Å². The highest BCUT2D eigenvalue weighted by Gasteiger charge is 2.29. The molecule has 0 aliphatic heterocycles. The molecule has 1 atom stereocenters. The van der Waals surface area contributed by atoms with Gasteiger partial charge >= 0.3 is 0 Å². The van der Waals surface area contributed by atoms with Crippen LogP contribution in [0.15, 0.2) is 0 Å². The molecule has 0 bridgehead atoms. The van der Waals surface area contributed by atoms with Crippen LogP contribution >= 0.6 is 0 Å². The molecule has 0 amide bonds. The zero-order valence-corrected chi connectivity index (χ0v) is 8.90. The first kappa shape index (κ1) is 11.6. The minimum Gasteiger partial charge on any atom is -0.306 e. The smallest absolute Gasteiger partial charge is 0.155 e. The molecule has 0 aromatic heterocycles. The van der Waals surface area contributed by atoms with E-state index in [-0.39, 0.29) is 11.5 Å². The highest BCUT2D eigenvalue weighted by molar-refractivity contribution is 5.89. The van der Waals surface area contributed by atoms with Crippen LogP contribution in [-0.2, 0) is 4.79 Å². The Morgan fingerprint density at radius 1 is 1.42 bits per heavy atom. The third-order valence-electron chi connectivity index (χ3n) is 2.29. The summed E-state index contributed by atoms with van der Waals surface area (Å²) < 4.78 is 0. The second-order valence-electron chi connectivity index (χ2n) is 3.83. The van der Waals surface area contributed by atoms with Crippen molar-refractivity contribution in [2.75, 3.05) is 6.54 Å². The molecule has 0 aromatic rings. The van der Waals surface area contributed by atoms with Crippen LogP contribution in [-0.4, -0.2) is 17.9 Å². The SMILES string of the molecule is CCNC(C)(C)C(=O)C(C)CC. The van der Waals surface area contributed by atoms with E-state index >= 15 is 0 Å². The number of carbonyl (C=O) groups is 1. The van der Waals surface area contributed by atoms with E-state index in [9.17, 15) is 4.79 Å². The van der Waals surface area contributed by atoms with Crippen LogP contribution in [0.25, 0.3) is 0 Å². The number of ketones is 1. The standard InChI is InChI=1S/C10H21NO/c1-6-8(3)9(12)10(4,5)11-7-2/h8,11H,6-7H2,1-5H3. The van der Waals surface area contributed by atoms with Crippen LogP contribution in [0.3, 0.4) is 0 Å². The lowest BCUT2D eigenvalue weighted by molar-refractivity contribution is -0.127. The topological polar surface area (TPSA) is 29.1 Å². The minimum absolute atomic E-state index is 0.166. The van der Waals surface area contributed by atoms with Crippen molar-refractivity contribution in [3.63, 3.8) is 0 Å². The van der Waals surface area contributed by atoms with Gasteiger partial charge in [0, 0.05) is 5.92 Å². The summed E-state index contributed by atoms with van der Waals surface area (Å²) in [6.07, 6.45) is 0.924. The number of likely N-dealkylation sites (N-methyl/N-ethyl adjacent to an activating group) is 1. The van der Waals surface area contributed by atoms with Gasteiger partial charge in [-0.05, 0) is 26.8 Å². The lowest BCUT2D eigenvalue weighted by atomic mass is 9.88. The lowest BCUT2D eigenvalue weighted by Crippen LogP contribution is -2.48. The van der Waals surface area contributed by atoms with Gasteiger partial charge in [-0.25, -0.2) is 0 Å².